The molecule has 0 aromatic heterocycles. The molecule has 0 saturated carbocycles. The molecule has 1 amide bonds. The SMILES string of the molecule is CCN(CC)S(=O)(=O)c1cccc(NC(=O)CO/N=C(/N)COc2ccccc2)c1. The number of nitrogens with one attached hydrogen (secondary N) is 1. The second-order valence-electron chi connectivity index (χ2n) is 6.12. The Bertz CT molecular complexity index is 960. The third kappa shape index (κ3) is 6.75. The van der Waals surface area contributed by atoms with Gasteiger partial charge in [-0.1, -0.05) is 43.3 Å². The molecule has 2 aromatic carbocycles. The normalized spacial score (nSPS) is 11.9. The Morgan fingerprint density at radius 2 is 1.77 bits per heavy atom. The molecule has 0 fully saturated rings. The van der Waals surface area contributed by atoms with E-state index in [-0.39, 0.29) is 23.9 Å². The maximum atomic E-state index is 12.6. The number of hydrogen-bond donors (Lipinski definition) is 2. The molecule has 0 saturated heterocycles. The summed E-state index contributed by atoms with van der Waals surface area (Å²) in [4.78, 5) is 17.1. The van der Waals surface area contributed by atoms with Crippen molar-refractivity contribution in [2.75, 3.05) is 31.6 Å². The lowest BCUT2D eigenvalue weighted by Crippen LogP contribution is -2.30. The molecule has 0 bridgehead atoms. The third-order valence-electron chi connectivity index (χ3n) is 3.97. The smallest absolute Gasteiger partial charge is 0.265 e. The van der Waals surface area contributed by atoms with Crippen molar-refractivity contribution in [2.24, 2.45) is 10.9 Å². The number of nitrogens with zero attached hydrogens (tertiary/aromatic N) is 2. The van der Waals surface area contributed by atoms with Gasteiger partial charge in [-0.25, -0.2) is 8.42 Å². The maximum Gasteiger partial charge on any atom is 0.265 e. The molecule has 162 valence electrons. The number of carbonyl (C=O) groups is 1. The van der Waals surface area contributed by atoms with E-state index in [9.17, 15) is 13.2 Å². The number of amidine groups is 1. The number of sulfonamides is 1. The Morgan fingerprint density at radius 3 is 2.43 bits per heavy atom. The number of benzene rings is 2. The summed E-state index contributed by atoms with van der Waals surface area (Å²) in [6.07, 6.45) is 0. The zero-order valence-electron chi connectivity index (χ0n) is 16.9. The summed E-state index contributed by atoms with van der Waals surface area (Å²) in [6, 6.07) is 15.1. The number of ether oxygens (including phenoxy) is 1. The van der Waals surface area contributed by atoms with Crippen molar-refractivity contribution < 1.29 is 22.8 Å². The number of anilines is 1. The van der Waals surface area contributed by atoms with Crippen molar-refractivity contribution in [3.05, 3.63) is 54.6 Å². The molecule has 0 aliphatic heterocycles. The van der Waals surface area contributed by atoms with Crippen LogP contribution in [0.2, 0.25) is 0 Å². The summed E-state index contributed by atoms with van der Waals surface area (Å²) in [5, 5.41) is 6.20. The standard InChI is InChI=1S/C20H26N4O5S/c1-3-24(4-2)30(26,27)18-12-8-9-16(13-18)22-20(25)15-29-23-19(21)14-28-17-10-6-5-7-11-17/h5-13H,3-4,14-15H2,1-2H3,(H2,21,23)(H,22,25). The van der Waals surface area contributed by atoms with Crippen LogP contribution in [-0.4, -0.2) is 50.8 Å². The van der Waals surface area contributed by atoms with E-state index in [1.807, 2.05) is 18.2 Å². The first kappa shape index (κ1) is 23.2. The molecule has 30 heavy (non-hydrogen) atoms. The highest BCUT2D eigenvalue weighted by Crippen LogP contribution is 2.19. The predicted octanol–water partition coefficient (Wildman–Crippen LogP) is 2.02. The first-order valence-corrected chi connectivity index (χ1v) is 10.8. The van der Waals surface area contributed by atoms with E-state index in [0.29, 0.717) is 24.5 Å². The molecule has 2 aromatic rings. The highest BCUT2D eigenvalue weighted by molar-refractivity contribution is 7.89. The van der Waals surface area contributed by atoms with Gasteiger partial charge in [0.2, 0.25) is 10.0 Å². The van der Waals surface area contributed by atoms with Crippen molar-refractivity contribution in [3.8, 4) is 5.75 Å². The molecule has 0 unspecified atom stereocenters. The van der Waals surface area contributed by atoms with Crippen LogP contribution in [0.25, 0.3) is 0 Å². The molecule has 0 spiro atoms. The molecule has 0 atom stereocenters. The molecule has 2 rings (SSSR count). The van der Waals surface area contributed by atoms with Crippen LogP contribution >= 0.6 is 0 Å². The van der Waals surface area contributed by atoms with E-state index in [2.05, 4.69) is 10.5 Å². The number of rotatable bonds is 11. The van der Waals surface area contributed by atoms with Crippen LogP contribution in [0.4, 0.5) is 5.69 Å². The Labute approximate surface area is 176 Å². The summed E-state index contributed by atoms with van der Waals surface area (Å²) in [5.74, 6) is 0.194. The van der Waals surface area contributed by atoms with Gasteiger partial charge in [-0.3, -0.25) is 4.79 Å². The van der Waals surface area contributed by atoms with Crippen LogP contribution in [0.5, 0.6) is 5.75 Å². The summed E-state index contributed by atoms with van der Waals surface area (Å²) in [6.45, 7) is 3.87. The number of amides is 1. The fourth-order valence-corrected chi connectivity index (χ4v) is 4.02. The fourth-order valence-electron chi connectivity index (χ4n) is 2.52. The monoisotopic (exact) mass is 434 g/mol. The van der Waals surface area contributed by atoms with Crippen molar-refractivity contribution in [2.45, 2.75) is 18.7 Å². The van der Waals surface area contributed by atoms with Gasteiger partial charge < -0.3 is 20.6 Å². The molecule has 9 nitrogen and oxygen atoms in total. The minimum Gasteiger partial charge on any atom is -0.486 e. The first-order valence-electron chi connectivity index (χ1n) is 9.39. The number of nitrogens with two attached hydrogens (primary N) is 1. The molecular formula is C20H26N4O5S. The van der Waals surface area contributed by atoms with E-state index in [1.165, 1.54) is 16.4 Å². The van der Waals surface area contributed by atoms with E-state index in [4.69, 9.17) is 15.3 Å². The molecular weight excluding hydrogens is 408 g/mol. The number of oxime groups is 1. The quantitative estimate of drug-likeness (QED) is 0.317. The second-order valence-corrected chi connectivity index (χ2v) is 8.06. The number of hydrogen-bond acceptors (Lipinski definition) is 6. The predicted molar refractivity (Wildman–Crippen MR) is 115 cm³/mol. The summed E-state index contributed by atoms with van der Waals surface area (Å²) >= 11 is 0. The maximum absolute atomic E-state index is 12.6. The third-order valence-corrected chi connectivity index (χ3v) is 6.01. The zero-order chi connectivity index (χ0) is 22.0. The Hall–Kier alpha value is -3.11. The summed E-state index contributed by atoms with van der Waals surface area (Å²) in [5.41, 5.74) is 6.01. The van der Waals surface area contributed by atoms with Gasteiger partial charge >= 0.3 is 0 Å². The van der Waals surface area contributed by atoms with E-state index < -0.39 is 15.9 Å². The van der Waals surface area contributed by atoms with Crippen molar-refractivity contribution in [3.63, 3.8) is 0 Å². The summed E-state index contributed by atoms with van der Waals surface area (Å²) < 4.78 is 31.9. The van der Waals surface area contributed by atoms with Gasteiger partial charge in [0.15, 0.2) is 12.4 Å². The van der Waals surface area contributed by atoms with Gasteiger partial charge in [-0.15, -0.1) is 0 Å². The summed E-state index contributed by atoms with van der Waals surface area (Å²) in [7, 11) is -3.62. The van der Waals surface area contributed by atoms with Crippen LogP contribution in [0.3, 0.4) is 0 Å². The highest BCUT2D eigenvalue weighted by Gasteiger charge is 2.21. The minimum atomic E-state index is -3.62. The fraction of sp³-hybridized carbons (Fsp3) is 0.300. The lowest BCUT2D eigenvalue weighted by atomic mass is 10.3. The van der Waals surface area contributed by atoms with Gasteiger partial charge in [0.1, 0.15) is 12.4 Å². The van der Waals surface area contributed by atoms with Crippen molar-refractivity contribution in [1.82, 2.24) is 4.31 Å². The van der Waals surface area contributed by atoms with Crippen LogP contribution in [0.1, 0.15) is 13.8 Å². The average Bonchev–Trinajstić information content (AvgIpc) is 2.74. The van der Waals surface area contributed by atoms with Crippen molar-refractivity contribution >= 4 is 27.5 Å². The largest absolute Gasteiger partial charge is 0.486 e. The molecule has 0 aliphatic carbocycles. The van der Waals surface area contributed by atoms with Crippen molar-refractivity contribution in [1.29, 1.82) is 0 Å². The van der Waals surface area contributed by atoms with E-state index >= 15 is 0 Å². The lowest BCUT2D eigenvalue weighted by molar-refractivity contribution is -0.120. The molecule has 3 N–H and O–H groups in total. The zero-order valence-corrected chi connectivity index (χ0v) is 17.8. The van der Waals surface area contributed by atoms with Gasteiger partial charge in [0.25, 0.3) is 5.91 Å². The minimum absolute atomic E-state index is 0.0108. The number of para-hydroxylation sites is 1. The van der Waals surface area contributed by atoms with Gasteiger partial charge in [-0.2, -0.15) is 4.31 Å². The van der Waals surface area contributed by atoms with Gasteiger partial charge in [-0.05, 0) is 30.3 Å². The average molecular weight is 435 g/mol. The highest BCUT2D eigenvalue weighted by atomic mass is 32.2. The molecule has 0 heterocycles. The van der Waals surface area contributed by atoms with E-state index in [1.54, 1.807) is 38.1 Å². The van der Waals surface area contributed by atoms with Gasteiger partial charge in [0.05, 0.1) is 4.90 Å². The van der Waals surface area contributed by atoms with E-state index in [0.717, 1.165) is 0 Å². The second kappa shape index (κ2) is 11.2. The topological polar surface area (TPSA) is 123 Å². The van der Waals surface area contributed by atoms with Crippen LogP contribution < -0.4 is 15.8 Å². The number of carbonyl (C=O) groups excluding carboxylic acids is 1. The molecule has 0 aliphatic rings. The lowest BCUT2D eigenvalue weighted by Gasteiger charge is -2.18. The van der Waals surface area contributed by atoms with Gasteiger partial charge in [0, 0.05) is 18.8 Å². The van der Waals surface area contributed by atoms with Crippen LogP contribution in [-0.2, 0) is 19.7 Å². The molecule has 0 radical (unpaired) electrons. The molecule has 10 heteroatoms. The Kier molecular flexibility index (Phi) is 8.63. The first-order chi connectivity index (χ1) is 14.4. The van der Waals surface area contributed by atoms with Crippen LogP contribution in [0.15, 0.2) is 64.6 Å². The Balaban J connectivity index is 1.87. The van der Waals surface area contributed by atoms with Crippen LogP contribution in [0, 0.1) is 0 Å². The Morgan fingerprint density at radius 1 is 1.07 bits per heavy atom.